The Kier molecular flexibility index (Phi) is 6.58. The normalized spacial score (nSPS) is 15.0. The maximum atomic E-state index is 6.49. The Morgan fingerprint density at radius 3 is 2.59 bits per heavy atom. The van der Waals surface area contributed by atoms with Crippen molar-refractivity contribution in [2.24, 2.45) is 0 Å². The molecular weight excluding hydrogens is 362 g/mol. The summed E-state index contributed by atoms with van der Waals surface area (Å²) in [5.74, 6) is 0.645. The largest absolute Gasteiger partial charge is 0.472 e. The molecule has 1 aromatic heterocycles. The number of nitrogens with one attached hydrogen (secondary N) is 1. The van der Waals surface area contributed by atoms with Gasteiger partial charge in [-0.15, -0.1) is 0 Å². The third kappa shape index (κ3) is 5.83. The van der Waals surface area contributed by atoms with Crippen LogP contribution in [0.15, 0.2) is 36.5 Å². The van der Waals surface area contributed by atoms with Crippen LogP contribution in [0.4, 0.5) is 5.69 Å². The van der Waals surface area contributed by atoms with E-state index in [-0.39, 0.29) is 5.60 Å². The van der Waals surface area contributed by atoms with Gasteiger partial charge in [-0.3, -0.25) is 0 Å². The fraction of sp³-hybridized carbons (Fsp3) is 0.476. The monoisotopic (exact) mass is 389 g/mol. The molecule has 2 heterocycles. The molecule has 0 unspecified atom stereocenters. The molecule has 1 fully saturated rings. The quantitative estimate of drug-likeness (QED) is 0.807. The first-order chi connectivity index (χ1) is 12.9. The zero-order valence-corrected chi connectivity index (χ0v) is 17.1. The van der Waals surface area contributed by atoms with Crippen molar-refractivity contribution in [3.8, 4) is 5.88 Å². The van der Waals surface area contributed by atoms with Crippen LogP contribution in [0.1, 0.15) is 31.9 Å². The van der Waals surface area contributed by atoms with E-state index in [1.807, 2.05) is 51.2 Å². The number of pyridine rings is 1. The first-order valence-corrected chi connectivity index (χ1v) is 9.75. The molecule has 1 aliphatic heterocycles. The predicted octanol–water partition coefficient (Wildman–Crippen LogP) is 4.04. The Hall–Kier alpha value is -1.82. The molecule has 2 aromatic rings. The van der Waals surface area contributed by atoms with Gasteiger partial charge in [-0.1, -0.05) is 23.7 Å². The minimum atomic E-state index is -0.243. The van der Waals surface area contributed by atoms with Crippen LogP contribution in [0.3, 0.4) is 0 Å². The van der Waals surface area contributed by atoms with Crippen LogP contribution < -0.4 is 15.0 Å². The Balaban J connectivity index is 1.60. The first-order valence-electron chi connectivity index (χ1n) is 9.37. The molecule has 1 aliphatic rings. The number of hydrogen-bond acceptors (Lipinski definition) is 5. The van der Waals surface area contributed by atoms with E-state index in [4.69, 9.17) is 21.1 Å². The molecule has 0 amide bonds. The smallest absolute Gasteiger partial charge is 0.213 e. The SMILES string of the molecule is CC(C)(C)Oc1ccc(CNCc2c(Cl)cccc2N2CCOCC2)cn1. The van der Waals surface area contributed by atoms with E-state index < -0.39 is 0 Å². The van der Waals surface area contributed by atoms with Gasteiger partial charge in [0.15, 0.2) is 0 Å². The minimum Gasteiger partial charge on any atom is -0.472 e. The second-order valence-corrected chi connectivity index (χ2v) is 8.07. The standard InChI is InChI=1S/C21H28ClN3O2/c1-21(2,3)27-20-8-7-16(14-24-20)13-23-15-17-18(22)5-4-6-19(17)25-9-11-26-12-10-25/h4-8,14,23H,9-13,15H2,1-3H3. The number of aromatic nitrogens is 1. The zero-order chi connectivity index (χ0) is 19.3. The molecule has 6 heteroatoms. The third-order valence-electron chi connectivity index (χ3n) is 4.29. The molecule has 5 nitrogen and oxygen atoms in total. The number of nitrogens with zero attached hydrogens (tertiary/aromatic N) is 2. The topological polar surface area (TPSA) is 46.6 Å². The van der Waals surface area contributed by atoms with Gasteiger partial charge in [0, 0.05) is 54.7 Å². The summed E-state index contributed by atoms with van der Waals surface area (Å²) in [5, 5.41) is 4.27. The highest BCUT2D eigenvalue weighted by atomic mass is 35.5. The summed E-state index contributed by atoms with van der Waals surface area (Å²) in [6.07, 6.45) is 1.85. The molecule has 3 rings (SSSR count). The maximum Gasteiger partial charge on any atom is 0.213 e. The minimum absolute atomic E-state index is 0.243. The van der Waals surface area contributed by atoms with Gasteiger partial charge in [-0.25, -0.2) is 4.98 Å². The fourth-order valence-corrected chi connectivity index (χ4v) is 3.28. The molecule has 0 spiro atoms. The zero-order valence-electron chi connectivity index (χ0n) is 16.3. The Labute approximate surface area is 166 Å². The lowest BCUT2D eigenvalue weighted by atomic mass is 10.1. The lowest BCUT2D eigenvalue weighted by molar-refractivity contribution is 0.122. The Morgan fingerprint density at radius 1 is 1.15 bits per heavy atom. The molecule has 0 bridgehead atoms. The summed E-state index contributed by atoms with van der Waals surface area (Å²) in [6, 6.07) is 10.0. The highest BCUT2D eigenvalue weighted by Gasteiger charge is 2.16. The lowest BCUT2D eigenvalue weighted by Crippen LogP contribution is -2.37. The highest BCUT2D eigenvalue weighted by molar-refractivity contribution is 6.31. The fourth-order valence-electron chi connectivity index (χ4n) is 3.04. The number of anilines is 1. The number of morpholine rings is 1. The number of ether oxygens (including phenoxy) is 2. The summed E-state index contributed by atoms with van der Waals surface area (Å²) in [4.78, 5) is 6.73. The summed E-state index contributed by atoms with van der Waals surface area (Å²) in [7, 11) is 0. The predicted molar refractivity (Wildman–Crippen MR) is 110 cm³/mol. The van der Waals surface area contributed by atoms with Crippen molar-refractivity contribution in [1.29, 1.82) is 0 Å². The van der Waals surface area contributed by atoms with Gasteiger partial charge in [0.25, 0.3) is 0 Å². The molecule has 0 atom stereocenters. The third-order valence-corrected chi connectivity index (χ3v) is 4.64. The van der Waals surface area contributed by atoms with E-state index in [0.29, 0.717) is 12.4 Å². The molecule has 1 aromatic carbocycles. The average Bonchev–Trinajstić information content (AvgIpc) is 2.64. The Bertz CT molecular complexity index is 738. The molecule has 146 valence electrons. The van der Waals surface area contributed by atoms with Crippen LogP contribution in [-0.4, -0.2) is 36.9 Å². The van der Waals surface area contributed by atoms with Gasteiger partial charge in [-0.05, 0) is 38.5 Å². The van der Waals surface area contributed by atoms with Gasteiger partial charge in [0.1, 0.15) is 5.60 Å². The van der Waals surface area contributed by atoms with Crippen LogP contribution >= 0.6 is 11.6 Å². The summed E-state index contributed by atoms with van der Waals surface area (Å²) in [5.41, 5.74) is 3.18. The molecule has 1 saturated heterocycles. The van der Waals surface area contributed by atoms with Crippen molar-refractivity contribution in [3.05, 3.63) is 52.7 Å². The van der Waals surface area contributed by atoms with Crippen molar-refractivity contribution < 1.29 is 9.47 Å². The first kappa shape index (κ1) is 19.9. The molecule has 1 N–H and O–H groups in total. The van der Waals surface area contributed by atoms with Crippen molar-refractivity contribution in [1.82, 2.24) is 10.3 Å². The number of benzene rings is 1. The van der Waals surface area contributed by atoms with E-state index in [0.717, 1.165) is 49.0 Å². The molecule has 0 aliphatic carbocycles. The van der Waals surface area contributed by atoms with Crippen molar-refractivity contribution in [2.75, 3.05) is 31.2 Å². The van der Waals surface area contributed by atoms with Gasteiger partial charge in [-0.2, -0.15) is 0 Å². The molecule has 27 heavy (non-hydrogen) atoms. The van der Waals surface area contributed by atoms with E-state index in [9.17, 15) is 0 Å². The van der Waals surface area contributed by atoms with Crippen molar-refractivity contribution >= 4 is 17.3 Å². The maximum absolute atomic E-state index is 6.49. The van der Waals surface area contributed by atoms with Crippen LogP contribution in [0.25, 0.3) is 0 Å². The van der Waals surface area contributed by atoms with Crippen LogP contribution in [0.2, 0.25) is 5.02 Å². The van der Waals surface area contributed by atoms with E-state index in [1.54, 1.807) is 0 Å². The average molecular weight is 390 g/mol. The van der Waals surface area contributed by atoms with E-state index >= 15 is 0 Å². The van der Waals surface area contributed by atoms with Crippen LogP contribution in [-0.2, 0) is 17.8 Å². The highest BCUT2D eigenvalue weighted by Crippen LogP contribution is 2.28. The van der Waals surface area contributed by atoms with Gasteiger partial charge in [0.2, 0.25) is 5.88 Å². The van der Waals surface area contributed by atoms with E-state index in [2.05, 4.69) is 21.3 Å². The summed E-state index contributed by atoms with van der Waals surface area (Å²) < 4.78 is 11.2. The van der Waals surface area contributed by atoms with Crippen molar-refractivity contribution in [2.45, 2.75) is 39.5 Å². The molecule has 0 radical (unpaired) electrons. The van der Waals surface area contributed by atoms with E-state index in [1.165, 1.54) is 5.69 Å². The summed E-state index contributed by atoms with van der Waals surface area (Å²) >= 11 is 6.49. The van der Waals surface area contributed by atoms with Crippen LogP contribution in [0, 0.1) is 0 Å². The number of hydrogen-bond donors (Lipinski definition) is 1. The Morgan fingerprint density at radius 2 is 1.93 bits per heavy atom. The number of halogens is 1. The molecular formula is C21H28ClN3O2. The van der Waals surface area contributed by atoms with Gasteiger partial charge >= 0.3 is 0 Å². The van der Waals surface area contributed by atoms with Gasteiger partial charge < -0.3 is 19.7 Å². The molecule has 0 saturated carbocycles. The summed E-state index contributed by atoms with van der Waals surface area (Å²) in [6.45, 7) is 10.8. The van der Waals surface area contributed by atoms with Crippen molar-refractivity contribution in [3.63, 3.8) is 0 Å². The number of rotatable bonds is 6. The van der Waals surface area contributed by atoms with Gasteiger partial charge in [0.05, 0.1) is 13.2 Å². The van der Waals surface area contributed by atoms with Crippen LogP contribution in [0.5, 0.6) is 5.88 Å². The lowest BCUT2D eigenvalue weighted by Gasteiger charge is -2.31. The second kappa shape index (κ2) is 8.91. The second-order valence-electron chi connectivity index (χ2n) is 7.66.